The van der Waals surface area contributed by atoms with E-state index in [1.807, 2.05) is 62.4 Å². The summed E-state index contributed by atoms with van der Waals surface area (Å²) < 4.78 is 14.2. The predicted octanol–water partition coefficient (Wildman–Crippen LogP) is 6.52. The SMILES string of the molecule is Cc1ccc(SCC(CSc2ccc(C)cc2)C(=O)c2ccc(C(=O)O)c(F)c2)cc1. The van der Waals surface area contributed by atoms with Gasteiger partial charge in [-0.3, -0.25) is 4.79 Å². The van der Waals surface area contributed by atoms with Crippen LogP contribution in [0.15, 0.2) is 76.5 Å². The molecule has 0 aliphatic rings. The van der Waals surface area contributed by atoms with Crippen LogP contribution >= 0.6 is 23.5 Å². The Labute approximate surface area is 190 Å². The number of Topliss-reactive ketones (excluding diaryl/α,β-unsaturated/α-hetero) is 1. The number of aromatic carboxylic acids is 1. The molecule has 0 bridgehead atoms. The quantitative estimate of drug-likeness (QED) is 0.294. The first kappa shape index (κ1) is 23.1. The lowest BCUT2D eigenvalue weighted by Gasteiger charge is -2.16. The van der Waals surface area contributed by atoms with E-state index >= 15 is 0 Å². The zero-order valence-electron chi connectivity index (χ0n) is 17.3. The largest absolute Gasteiger partial charge is 0.478 e. The number of halogens is 1. The van der Waals surface area contributed by atoms with E-state index < -0.39 is 17.3 Å². The molecule has 0 radical (unpaired) electrons. The summed E-state index contributed by atoms with van der Waals surface area (Å²) in [5, 5.41) is 9.03. The Morgan fingerprint density at radius 1 is 0.839 bits per heavy atom. The van der Waals surface area contributed by atoms with Gasteiger partial charge in [-0.15, -0.1) is 23.5 Å². The second-order valence-electron chi connectivity index (χ2n) is 7.31. The lowest BCUT2D eigenvalue weighted by Crippen LogP contribution is -2.20. The first-order valence-corrected chi connectivity index (χ1v) is 11.8. The number of thioether (sulfide) groups is 2. The highest BCUT2D eigenvalue weighted by molar-refractivity contribution is 8.00. The molecular formula is C25H23FO3S2. The highest BCUT2D eigenvalue weighted by atomic mass is 32.2. The molecule has 3 aromatic carbocycles. The molecule has 3 rings (SSSR count). The van der Waals surface area contributed by atoms with E-state index in [9.17, 15) is 14.0 Å². The van der Waals surface area contributed by atoms with Gasteiger partial charge in [-0.05, 0) is 50.2 Å². The van der Waals surface area contributed by atoms with Crippen molar-refractivity contribution < 1.29 is 19.1 Å². The van der Waals surface area contributed by atoms with Gasteiger partial charge in [0.2, 0.25) is 0 Å². The fourth-order valence-corrected chi connectivity index (χ4v) is 5.07. The Morgan fingerprint density at radius 2 is 1.32 bits per heavy atom. The number of benzene rings is 3. The first-order valence-electron chi connectivity index (χ1n) is 9.79. The summed E-state index contributed by atoms with van der Waals surface area (Å²) in [6, 6.07) is 19.8. The Balaban J connectivity index is 1.78. The molecule has 0 atom stereocenters. The average Bonchev–Trinajstić information content (AvgIpc) is 2.75. The van der Waals surface area contributed by atoms with Crippen molar-refractivity contribution in [3.8, 4) is 0 Å². The van der Waals surface area contributed by atoms with Crippen molar-refractivity contribution in [3.05, 3.63) is 94.8 Å². The van der Waals surface area contributed by atoms with Gasteiger partial charge in [-0.25, -0.2) is 9.18 Å². The molecule has 0 amide bonds. The second kappa shape index (κ2) is 10.6. The number of hydrogen-bond donors (Lipinski definition) is 1. The highest BCUT2D eigenvalue weighted by Crippen LogP contribution is 2.29. The number of hydrogen-bond acceptors (Lipinski definition) is 4. The Hall–Kier alpha value is -2.57. The van der Waals surface area contributed by atoms with Crippen LogP contribution in [-0.2, 0) is 0 Å². The van der Waals surface area contributed by atoms with Gasteiger partial charge in [-0.2, -0.15) is 0 Å². The first-order chi connectivity index (χ1) is 14.8. The van der Waals surface area contributed by atoms with Gasteiger partial charge in [0.05, 0.1) is 5.56 Å². The molecule has 0 saturated carbocycles. The third-order valence-electron chi connectivity index (χ3n) is 4.80. The van der Waals surface area contributed by atoms with Gasteiger partial charge in [-0.1, -0.05) is 41.5 Å². The van der Waals surface area contributed by atoms with E-state index in [0.29, 0.717) is 11.5 Å². The fourth-order valence-electron chi connectivity index (χ4n) is 2.94. The van der Waals surface area contributed by atoms with Crippen LogP contribution in [0, 0.1) is 25.6 Å². The number of carboxylic acids is 1. The smallest absolute Gasteiger partial charge is 0.338 e. The van der Waals surface area contributed by atoms with E-state index in [2.05, 4.69) is 0 Å². The molecule has 31 heavy (non-hydrogen) atoms. The summed E-state index contributed by atoms with van der Waals surface area (Å²) in [5.74, 6) is -1.69. The molecule has 6 heteroatoms. The molecule has 160 valence electrons. The zero-order chi connectivity index (χ0) is 22.4. The Morgan fingerprint density at radius 3 is 1.74 bits per heavy atom. The van der Waals surface area contributed by atoms with Crippen molar-refractivity contribution in [2.45, 2.75) is 23.6 Å². The van der Waals surface area contributed by atoms with E-state index in [-0.39, 0.29) is 17.3 Å². The normalized spacial score (nSPS) is 11.0. The third-order valence-corrected chi connectivity index (χ3v) is 7.15. The second-order valence-corrected chi connectivity index (χ2v) is 9.50. The van der Waals surface area contributed by atoms with Crippen LogP contribution in [0.3, 0.4) is 0 Å². The minimum Gasteiger partial charge on any atom is -0.478 e. The number of carbonyl (C=O) groups is 2. The Bertz CT molecular complexity index is 1010. The summed E-state index contributed by atoms with van der Waals surface area (Å²) in [7, 11) is 0. The molecule has 0 unspecified atom stereocenters. The maximum absolute atomic E-state index is 14.2. The van der Waals surface area contributed by atoms with Crippen molar-refractivity contribution in [2.75, 3.05) is 11.5 Å². The van der Waals surface area contributed by atoms with E-state index in [4.69, 9.17) is 5.11 Å². The predicted molar refractivity (Wildman–Crippen MR) is 125 cm³/mol. The van der Waals surface area contributed by atoms with E-state index in [1.165, 1.54) is 17.2 Å². The van der Waals surface area contributed by atoms with Crippen LogP contribution in [0.4, 0.5) is 4.39 Å². The minimum absolute atomic E-state index is 0.185. The van der Waals surface area contributed by atoms with Crippen LogP contribution < -0.4 is 0 Å². The van der Waals surface area contributed by atoms with Crippen molar-refractivity contribution in [3.63, 3.8) is 0 Å². The van der Waals surface area contributed by atoms with Gasteiger partial charge < -0.3 is 5.11 Å². The summed E-state index contributed by atoms with van der Waals surface area (Å²) >= 11 is 3.18. The maximum atomic E-state index is 14.2. The molecule has 3 nitrogen and oxygen atoms in total. The fraction of sp³-hybridized carbons (Fsp3) is 0.200. The Kier molecular flexibility index (Phi) is 7.93. The molecule has 0 heterocycles. The van der Waals surface area contributed by atoms with Gasteiger partial charge in [0.15, 0.2) is 5.78 Å². The van der Waals surface area contributed by atoms with Gasteiger partial charge in [0, 0.05) is 32.8 Å². The summed E-state index contributed by atoms with van der Waals surface area (Å²) in [5.41, 5.74) is 2.10. The van der Waals surface area contributed by atoms with Crippen LogP contribution in [-0.4, -0.2) is 28.4 Å². The topological polar surface area (TPSA) is 54.4 Å². The van der Waals surface area contributed by atoms with Crippen molar-refractivity contribution >= 4 is 35.3 Å². The summed E-state index contributed by atoms with van der Waals surface area (Å²) in [6.45, 7) is 4.04. The van der Waals surface area contributed by atoms with Crippen LogP contribution in [0.1, 0.15) is 31.8 Å². The molecule has 1 N–H and O–H groups in total. The minimum atomic E-state index is -1.35. The lowest BCUT2D eigenvalue weighted by atomic mass is 9.99. The van der Waals surface area contributed by atoms with Gasteiger partial charge in [0.25, 0.3) is 0 Å². The number of ketones is 1. The molecule has 0 aliphatic carbocycles. The van der Waals surface area contributed by atoms with Crippen LogP contribution in [0.25, 0.3) is 0 Å². The number of carbonyl (C=O) groups excluding carboxylic acids is 1. The third kappa shape index (κ3) is 6.45. The molecule has 0 fully saturated rings. The van der Waals surface area contributed by atoms with Crippen molar-refractivity contribution in [2.24, 2.45) is 5.92 Å². The number of rotatable bonds is 9. The average molecular weight is 455 g/mol. The zero-order valence-corrected chi connectivity index (χ0v) is 18.9. The van der Waals surface area contributed by atoms with Crippen LogP contribution in [0.5, 0.6) is 0 Å². The molecular weight excluding hydrogens is 431 g/mol. The van der Waals surface area contributed by atoms with E-state index in [1.54, 1.807) is 23.5 Å². The van der Waals surface area contributed by atoms with Crippen LogP contribution in [0.2, 0.25) is 0 Å². The molecule has 0 spiro atoms. The standard InChI is InChI=1S/C25H23FO3S2/c1-16-3-8-20(9-4-16)30-14-19(15-31-21-10-5-17(2)6-11-21)24(27)18-7-12-22(25(28)29)23(26)13-18/h3-13,19H,14-15H2,1-2H3,(H,28,29). The lowest BCUT2D eigenvalue weighted by molar-refractivity contribution is 0.0691. The maximum Gasteiger partial charge on any atom is 0.338 e. The van der Waals surface area contributed by atoms with Crippen molar-refractivity contribution in [1.82, 2.24) is 0 Å². The molecule has 0 saturated heterocycles. The molecule has 3 aromatic rings. The van der Waals surface area contributed by atoms with E-state index in [0.717, 1.165) is 21.9 Å². The summed E-state index contributed by atoms with van der Waals surface area (Å²) in [6.07, 6.45) is 0. The molecule has 0 aromatic heterocycles. The number of aryl methyl sites for hydroxylation is 2. The molecule has 0 aliphatic heterocycles. The highest BCUT2D eigenvalue weighted by Gasteiger charge is 2.23. The van der Waals surface area contributed by atoms with Crippen molar-refractivity contribution in [1.29, 1.82) is 0 Å². The van der Waals surface area contributed by atoms with Gasteiger partial charge >= 0.3 is 5.97 Å². The monoisotopic (exact) mass is 454 g/mol. The summed E-state index contributed by atoms with van der Waals surface area (Å²) in [4.78, 5) is 26.4. The van der Waals surface area contributed by atoms with Gasteiger partial charge in [0.1, 0.15) is 5.82 Å². The number of carboxylic acid groups (broad SMARTS) is 1.